The van der Waals surface area contributed by atoms with Crippen molar-refractivity contribution in [2.45, 2.75) is 6.92 Å². The van der Waals surface area contributed by atoms with Gasteiger partial charge in [-0.1, -0.05) is 60.7 Å². The maximum Gasteiger partial charge on any atom is 0.0991 e. The van der Waals surface area contributed by atoms with Gasteiger partial charge in [-0.05, 0) is 46.9 Å². The minimum absolute atomic E-state index is 0.692. The quantitative estimate of drug-likeness (QED) is 0.627. The first-order valence-electron chi connectivity index (χ1n) is 6.94. The Morgan fingerprint density at radius 3 is 2.00 bits per heavy atom. The summed E-state index contributed by atoms with van der Waals surface area (Å²) < 4.78 is 0. The minimum atomic E-state index is 0.692. The molecule has 100 valence electrons. The number of aryl methyl sites for hydroxylation is 1. The van der Waals surface area contributed by atoms with Crippen molar-refractivity contribution in [1.29, 1.82) is 5.26 Å². The largest absolute Gasteiger partial charge is 0.192 e. The Labute approximate surface area is 125 Å². The molecular formula is C20H15N. The standard InChI is InChI=1S/C20H15N/c1-15-13-19(17-5-3-2-4-6-17)11-12-20(15)18-9-7-16(14-21)8-10-18/h2-13H,1H3. The number of hydrogen-bond donors (Lipinski definition) is 0. The lowest BCUT2D eigenvalue weighted by molar-refractivity contribution is 1.44. The summed E-state index contributed by atoms with van der Waals surface area (Å²) in [6.07, 6.45) is 0. The maximum atomic E-state index is 8.87. The first-order valence-corrected chi connectivity index (χ1v) is 6.94. The molecule has 0 fully saturated rings. The van der Waals surface area contributed by atoms with Crippen molar-refractivity contribution in [3.8, 4) is 28.3 Å². The summed E-state index contributed by atoms with van der Waals surface area (Å²) in [5.74, 6) is 0. The molecule has 0 amide bonds. The molecule has 21 heavy (non-hydrogen) atoms. The molecule has 0 aliphatic rings. The lowest BCUT2D eigenvalue weighted by Crippen LogP contribution is -1.86. The molecule has 0 radical (unpaired) electrons. The van der Waals surface area contributed by atoms with Crippen molar-refractivity contribution in [3.05, 3.63) is 83.9 Å². The fourth-order valence-corrected chi connectivity index (χ4v) is 2.52. The molecule has 0 aliphatic carbocycles. The van der Waals surface area contributed by atoms with Crippen LogP contribution in [-0.2, 0) is 0 Å². The second-order valence-electron chi connectivity index (χ2n) is 5.08. The van der Waals surface area contributed by atoms with Crippen LogP contribution < -0.4 is 0 Å². The van der Waals surface area contributed by atoms with Crippen molar-refractivity contribution in [3.63, 3.8) is 0 Å². The summed E-state index contributed by atoms with van der Waals surface area (Å²) >= 11 is 0. The van der Waals surface area contributed by atoms with Crippen molar-refractivity contribution in [2.75, 3.05) is 0 Å². The molecule has 0 unspecified atom stereocenters. The van der Waals surface area contributed by atoms with E-state index in [1.165, 1.54) is 22.3 Å². The summed E-state index contributed by atoms with van der Waals surface area (Å²) in [5, 5.41) is 8.87. The fraction of sp³-hybridized carbons (Fsp3) is 0.0500. The van der Waals surface area contributed by atoms with Gasteiger partial charge in [0, 0.05) is 0 Å². The highest BCUT2D eigenvalue weighted by Gasteiger charge is 2.04. The van der Waals surface area contributed by atoms with E-state index in [0.29, 0.717) is 5.56 Å². The van der Waals surface area contributed by atoms with Gasteiger partial charge in [0.05, 0.1) is 11.6 Å². The number of hydrogen-bond acceptors (Lipinski definition) is 1. The van der Waals surface area contributed by atoms with Crippen LogP contribution in [0.2, 0.25) is 0 Å². The normalized spacial score (nSPS) is 10.1. The van der Waals surface area contributed by atoms with Gasteiger partial charge in [-0.2, -0.15) is 5.26 Å². The molecule has 0 saturated carbocycles. The Bertz CT molecular complexity index is 793. The zero-order valence-electron chi connectivity index (χ0n) is 11.9. The topological polar surface area (TPSA) is 23.8 Å². The van der Waals surface area contributed by atoms with Gasteiger partial charge in [0.1, 0.15) is 0 Å². The summed E-state index contributed by atoms with van der Waals surface area (Å²) in [6.45, 7) is 2.12. The fourth-order valence-electron chi connectivity index (χ4n) is 2.52. The molecule has 0 bridgehead atoms. The maximum absolute atomic E-state index is 8.87. The summed E-state index contributed by atoms with van der Waals surface area (Å²) in [4.78, 5) is 0. The van der Waals surface area contributed by atoms with Crippen molar-refractivity contribution >= 4 is 0 Å². The van der Waals surface area contributed by atoms with E-state index >= 15 is 0 Å². The van der Waals surface area contributed by atoms with Crippen LogP contribution in [-0.4, -0.2) is 0 Å². The zero-order valence-corrected chi connectivity index (χ0v) is 11.9. The monoisotopic (exact) mass is 269 g/mol. The third-order valence-corrected chi connectivity index (χ3v) is 3.66. The van der Waals surface area contributed by atoms with Crippen LogP contribution in [0.25, 0.3) is 22.3 Å². The molecule has 3 rings (SSSR count). The van der Waals surface area contributed by atoms with E-state index in [-0.39, 0.29) is 0 Å². The van der Waals surface area contributed by atoms with E-state index < -0.39 is 0 Å². The zero-order chi connectivity index (χ0) is 14.7. The SMILES string of the molecule is Cc1cc(-c2ccccc2)ccc1-c1ccc(C#N)cc1. The highest BCUT2D eigenvalue weighted by atomic mass is 14.2. The first kappa shape index (κ1) is 13.1. The van der Waals surface area contributed by atoms with Crippen LogP contribution in [0.3, 0.4) is 0 Å². The number of nitriles is 1. The van der Waals surface area contributed by atoms with Crippen LogP contribution in [0, 0.1) is 18.3 Å². The second-order valence-corrected chi connectivity index (χ2v) is 5.08. The highest BCUT2D eigenvalue weighted by molar-refractivity contribution is 5.73. The third-order valence-electron chi connectivity index (χ3n) is 3.66. The van der Waals surface area contributed by atoms with Crippen LogP contribution in [0.5, 0.6) is 0 Å². The molecule has 3 aromatic carbocycles. The van der Waals surface area contributed by atoms with Gasteiger partial charge in [-0.25, -0.2) is 0 Å². The molecule has 3 aromatic rings. The van der Waals surface area contributed by atoms with Crippen LogP contribution >= 0.6 is 0 Å². The molecular weight excluding hydrogens is 254 g/mol. The summed E-state index contributed by atoms with van der Waals surface area (Å²) in [6, 6.07) is 26.8. The van der Waals surface area contributed by atoms with E-state index in [1.807, 2.05) is 30.3 Å². The van der Waals surface area contributed by atoms with Crippen molar-refractivity contribution < 1.29 is 0 Å². The Hall–Kier alpha value is -2.85. The van der Waals surface area contributed by atoms with Gasteiger partial charge in [-0.15, -0.1) is 0 Å². The van der Waals surface area contributed by atoms with Gasteiger partial charge in [0.2, 0.25) is 0 Å². The molecule has 0 aliphatic heterocycles. The van der Waals surface area contributed by atoms with Gasteiger partial charge in [0.15, 0.2) is 0 Å². The lowest BCUT2D eigenvalue weighted by atomic mass is 9.95. The molecule has 1 heteroatoms. The summed E-state index contributed by atoms with van der Waals surface area (Å²) in [5.41, 5.74) is 6.74. The predicted molar refractivity (Wildman–Crippen MR) is 86.8 cm³/mol. The lowest BCUT2D eigenvalue weighted by Gasteiger charge is -2.09. The van der Waals surface area contributed by atoms with E-state index in [0.717, 1.165) is 5.56 Å². The average Bonchev–Trinajstić information content (AvgIpc) is 2.56. The summed E-state index contributed by atoms with van der Waals surface area (Å²) in [7, 11) is 0. The Morgan fingerprint density at radius 2 is 1.38 bits per heavy atom. The van der Waals surface area contributed by atoms with Crippen LogP contribution in [0.4, 0.5) is 0 Å². The second kappa shape index (κ2) is 5.64. The van der Waals surface area contributed by atoms with Crippen LogP contribution in [0.15, 0.2) is 72.8 Å². The third kappa shape index (κ3) is 2.70. The predicted octanol–water partition coefficient (Wildman–Crippen LogP) is 5.20. The number of rotatable bonds is 2. The van der Waals surface area contributed by atoms with Crippen LogP contribution in [0.1, 0.15) is 11.1 Å². The molecule has 0 heterocycles. The van der Waals surface area contributed by atoms with Crippen molar-refractivity contribution in [2.24, 2.45) is 0 Å². The average molecular weight is 269 g/mol. The molecule has 0 atom stereocenters. The molecule has 0 N–H and O–H groups in total. The van der Waals surface area contributed by atoms with E-state index in [1.54, 1.807) is 0 Å². The molecule has 1 nitrogen and oxygen atoms in total. The smallest absolute Gasteiger partial charge is 0.0991 e. The van der Waals surface area contributed by atoms with E-state index in [4.69, 9.17) is 5.26 Å². The Balaban J connectivity index is 2.00. The minimum Gasteiger partial charge on any atom is -0.192 e. The van der Waals surface area contributed by atoms with E-state index in [2.05, 4.69) is 55.5 Å². The van der Waals surface area contributed by atoms with E-state index in [9.17, 15) is 0 Å². The number of nitrogens with zero attached hydrogens (tertiary/aromatic N) is 1. The molecule has 0 saturated heterocycles. The Morgan fingerprint density at radius 1 is 0.714 bits per heavy atom. The molecule has 0 aromatic heterocycles. The van der Waals surface area contributed by atoms with Crippen molar-refractivity contribution in [1.82, 2.24) is 0 Å². The number of benzene rings is 3. The van der Waals surface area contributed by atoms with Gasteiger partial charge in [-0.3, -0.25) is 0 Å². The van der Waals surface area contributed by atoms with Gasteiger partial charge in [0.25, 0.3) is 0 Å². The highest BCUT2D eigenvalue weighted by Crippen LogP contribution is 2.28. The first-order chi connectivity index (χ1) is 10.3. The van der Waals surface area contributed by atoms with Gasteiger partial charge >= 0.3 is 0 Å². The Kier molecular flexibility index (Phi) is 3.53. The molecule has 0 spiro atoms. The van der Waals surface area contributed by atoms with Gasteiger partial charge < -0.3 is 0 Å².